The van der Waals surface area contributed by atoms with Gasteiger partial charge in [-0.2, -0.15) is 4.31 Å². The van der Waals surface area contributed by atoms with Crippen LogP contribution in [0, 0.1) is 0 Å². The van der Waals surface area contributed by atoms with E-state index in [4.69, 9.17) is 0 Å². The maximum atomic E-state index is 12.6. The molecule has 1 saturated heterocycles. The van der Waals surface area contributed by atoms with E-state index in [1.54, 1.807) is 6.92 Å². The molecule has 2 unspecified atom stereocenters. The minimum Gasteiger partial charge on any atom is -0.393 e. The number of hydrogen-bond donors (Lipinski definition) is 2. The maximum Gasteiger partial charge on any atom is 0.260 e. The molecule has 0 amide bonds. The Hall–Kier alpha value is -0.920. The van der Waals surface area contributed by atoms with Crippen molar-refractivity contribution in [2.24, 2.45) is 0 Å². The van der Waals surface area contributed by atoms with Gasteiger partial charge in [-0.3, -0.25) is 0 Å². The molecule has 0 bridgehead atoms. The van der Waals surface area contributed by atoms with E-state index in [1.165, 1.54) is 16.8 Å². The van der Waals surface area contributed by atoms with Gasteiger partial charge >= 0.3 is 0 Å². The Morgan fingerprint density at radius 2 is 2.32 bits per heavy atom. The zero-order valence-electron chi connectivity index (χ0n) is 11.1. The molecule has 1 aromatic heterocycles. The zero-order chi connectivity index (χ0) is 13.9. The van der Waals surface area contributed by atoms with Crippen molar-refractivity contribution < 1.29 is 13.5 Å². The van der Waals surface area contributed by atoms with Crippen molar-refractivity contribution in [3.05, 3.63) is 12.5 Å². The fourth-order valence-corrected chi connectivity index (χ4v) is 4.21. The summed E-state index contributed by atoms with van der Waals surface area (Å²) in [5, 5.41) is 9.70. The van der Waals surface area contributed by atoms with E-state index in [-0.39, 0.29) is 11.1 Å². The highest BCUT2D eigenvalue weighted by molar-refractivity contribution is 7.89. The molecule has 2 rings (SSSR count). The molecule has 0 saturated carbocycles. The van der Waals surface area contributed by atoms with Gasteiger partial charge in [-0.25, -0.2) is 13.4 Å². The monoisotopic (exact) mass is 287 g/mol. The molecule has 1 aliphatic heterocycles. The van der Waals surface area contributed by atoms with Gasteiger partial charge in [-0.15, -0.1) is 0 Å². The number of aliphatic hydroxyl groups is 1. The summed E-state index contributed by atoms with van der Waals surface area (Å²) >= 11 is 0. The number of aromatic nitrogens is 2. The van der Waals surface area contributed by atoms with Crippen LogP contribution in [-0.4, -0.2) is 46.5 Å². The molecule has 2 heterocycles. The lowest BCUT2D eigenvalue weighted by atomic mass is 10.1. The van der Waals surface area contributed by atoms with Crippen LogP contribution in [0.3, 0.4) is 0 Å². The molecule has 19 heavy (non-hydrogen) atoms. The van der Waals surface area contributed by atoms with E-state index in [0.29, 0.717) is 13.0 Å². The molecular formula is C12H21N3O3S. The molecule has 0 aromatic carbocycles. The van der Waals surface area contributed by atoms with Gasteiger partial charge in [0.25, 0.3) is 10.0 Å². The average molecular weight is 287 g/mol. The number of aromatic amines is 1. The summed E-state index contributed by atoms with van der Waals surface area (Å²) in [5.41, 5.74) is 0. The minimum absolute atomic E-state index is 0.129. The third kappa shape index (κ3) is 3.34. The van der Waals surface area contributed by atoms with Crippen molar-refractivity contribution in [1.82, 2.24) is 14.3 Å². The Morgan fingerprint density at radius 3 is 2.95 bits per heavy atom. The van der Waals surface area contributed by atoms with Gasteiger partial charge in [-0.1, -0.05) is 12.8 Å². The smallest absolute Gasteiger partial charge is 0.260 e. The van der Waals surface area contributed by atoms with Gasteiger partial charge in [0.15, 0.2) is 5.03 Å². The Morgan fingerprint density at radius 1 is 1.53 bits per heavy atom. The van der Waals surface area contributed by atoms with Gasteiger partial charge in [-0.05, 0) is 26.2 Å². The molecule has 7 heteroatoms. The number of aliphatic hydroxyl groups excluding tert-OH is 1. The highest BCUT2D eigenvalue weighted by atomic mass is 32.2. The summed E-state index contributed by atoms with van der Waals surface area (Å²) in [5.74, 6) is 0. The van der Waals surface area contributed by atoms with Crippen LogP contribution in [0.15, 0.2) is 17.6 Å². The highest BCUT2D eigenvalue weighted by Gasteiger charge is 2.33. The van der Waals surface area contributed by atoms with Crippen molar-refractivity contribution in [1.29, 1.82) is 0 Å². The molecule has 2 atom stereocenters. The van der Waals surface area contributed by atoms with Gasteiger partial charge in [0.1, 0.15) is 0 Å². The predicted molar refractivity (Wildman–Crippen MR) is 71.0 cm³/mol. The number of H-pyrrole nitrogens is 1. The van der Waals surface area contributed by atoms with Crippen LogP contribution in [0.25, 0.3) is 0 Å². The quantitative estimate of drug-likeness (QED) is 0.868. The third-order valence-corrected chi connectivity index (χ3v) is 5.37. The van der Waals surface area contributed by atoms with Crippen LogP contribution < -0.4 is 0 Å². The second-order valence-corrected chi connectivity index (χ2v) is 6.98. The Labute approximate surface area is 113 Å². The SMILES string of the molecule is CC(O)CC1CCCCCN1S(=O)(=O)c1cnc[nH]1. The lowest BCUT2D eigenvalue weighted by molar-refractivity contribution is 0.147. The molecular weight excluding hydrogens is 266 g/mol. The number of rotatable bonds is 4. The molecule has 1 aromatic rings. The number of sulfonamides is 1. The first-order chi connectivity index (χ1) is 9.01. The molecule has 0 radical (unpaired) electrons. The van der Waals surface area contributed by atoms with Crippen LogP contribution in [0.2, 0.25) is 0 Å². The first kappa shape index (κ1) is 14.5. The number of imidazole rings is 1. The molecule has 6 nitrogen and oxygen atoms in total. The van der Waals surface area contributed by atoms with E-state index in [2.05, 4.69) is 9.97 Å². The van der Waals surface area contributed by atoms with Crippen LogP contribution in [0.1, 0.15) is 39.0 Å². The normalized spacial score (nSPS) is 24.0. The van der Waals surface area contributed by atoms with E-state index >= 15 is 0 Å². The molecule has 0 aliphatic carbocycles. The highest BCUT2D eigenvalue weighted by Crippen LogP contribution is 2.26. The molecule has 2 N–H and O–H groups in total. The van der Waals surface area contributed by atoms with E-state index in [1.807, 2.05) is 0 Å². The van der Waals surface area contributed by atoms with Gasteiger partial charge in [0.2, 0.25) is 0 Å². The fraction of sp³-hybridized carbons (Fsp3) is 0.750. The van der Waals surface area contributed by atoms with Crippen molar-refractivity contribution in [3.63, 3.8) is 0 Å². The number of nitrogens with zero attached hydrogens (tertiary/aromatic N) is 2. The second-order valence-electron chi connectivity index (χ2n) is 5.12. The second kappa shape index (κ2) is 6.02. The van der Waals surface area contributed by atoms with Crippen LogP contribution in [-0.2, 0) is 10.0 Å². The van der Waals surface area contributed by atoms with Crippen LogP contribution >= 0.6 is 0 Å². The van der Waals surface area contributed by atoms with Gasteiger partial charge in [0, 0.05) is 12.6 Å². The summed E-state index contributed by atoms with van der Waals surface area (Å²) in [7, 11) is -3.53. The summed E-state index contributed by atoms with van der Waals surface area (Å²) in [6.45, 7) is 2.21. The summed E-state index contributed by atoms with van der Waals surface area (Å²) in [6.07, 6.45) is 6.39. The predicted octanol–water partition coefficient (Wildman–Crippen LogP) is 1.11. The van der Waals surface area contributed by atoms with Crippen molar-refractivity contribution in [2.45, 2.75) is 56.2 Å². The van der Waals surface area contributed by atoms with Crippen LogP contribution in [0.4, 0.5) is 0 Å². The number of hydrogen-bond acceptors (Lipinski definition) is 4. The Balaban J connectivity index is 2.27. The Kier molecular flexibility index (Phi) is 4.59. The molecule has 0 spiro atoms. The first-order valence-electron chi connectivity index (χ1n) is 6.70. The average Bonchev–Trinajstić information content (AvgIpc) is 2.77. The van der Waals surface area contributed by atoms with Gasteiger partial charge in [0.05, 0.1) is 18.6 Å². The van der Waals surface area contributed by atoms with Crippen molar-refractivity contribution in [2.75, 3.05) is 6.54 Å². The maximum absolute atomic E-state index is 12.6. The molecule has 1 aliphatic rings. The summed E-state index contributed by atoms with van der Waals surface area (Å²) in [6, 6.07) is -0.129. The van der Waals surface area contributed by atoms with Crippen molar-refractivity contribution in [3.8, 4) is 0 Å². The van der Waals surface area contributed by atoms with Crippen LogP contribution in [0.5, 0.6) is 0 Å². The third-order valence-electron chi connectivity index (χ3n) is 3.50. The summed E-state index contributed by atoms with van der Waals surface area (Å²) < 4.78 is 26.7. The van der Waals surface area contributed by atoms with E-state index in [9.17, 15) is 13.5 Å². The number of nitrogens with one attached hydrogen (secondary N) is 1. The minimum atomic E-state index is -3.53. The lowest BCUT2D eigenvalue weighted by Crippen LogP contribution is -2.41. The standard InChI is InChI=1S/C12H21N3O3S/c1-10(16)7-11-5-3-2-4-6-15(11)19(17,18)12-8-13-9-14-12/h8-11,16H,2-7H2,1H3,(H,13,14). The first-order valence-corrected chi connectivity index (χ1v) is 8.14. The van der Waals surface area contributed by atoms with E-state index in [0.717, 1.165) is 25.7 Å². The lowest BCUT2D eigenvalue weighted by Gasteiger charge is -2.29. The van der Waals surface area contributed by atoms with Gasteiger partial charge < -0.3 is 10.1 Å². The molecule has 108 valence electrons. The van der Waals surface area contributed by atoms with E-state index < -0.39 is 16.1 Å². The zero-order valence-corrected chi connectivity index (χ0v) is 11.9. The summed E-state index contributed by atoms with van der Waals surface area (Å²) in [4.78, 5) is 6.45. The fourth-order valence-electron chi connectivity index (χ4n) is 2.61. The van der Waals surface area contributed by atoms with Crippen molar-refractivity contribution >= 4 is 10.0 Å². The topological polar surface area (TPSA) is 86.3 Å². The molecule has 1 fully saturated rings. The Bertz CT molecular complexity index is 484. The largest absolute Gasteiger partial charge is 0.393 e.